The molecular formula is C25H28ClN3O3. The molecule has 2 heterocycles. The molecule has 1 fully saturated rings. The first-order chi connectivity index (χ1) is 15.5. The fourth-order valence-electron chi connectivity index (χ4n) is 3.96. The molecule has 4 rings (SSSR count). The van der Waals surface area contributed by atoms with Crippen molar-refractivity contribution >= 4 is 23.2 Å². The number of halogens is 1. The van der Waals surface area contributed by atoms with Crippen molar-refractivity contribution in [2.24, 2.45) is 0 Å². The van der Waals surface area contributed by atoms with Gasteiger partial charge in [0.15, 0.2) is 5.76 Å². The molecule has 1 saturated heterocycles. The summed E-state index contributed by atoms with van der Waals surface area (Å²) in [6.07, 6.45) is 0. The number of amides is 1. The zero-order valence-corrected chi connectivity index (χ0v) is 19.1. The van der Waals surface area contributed by atoms with Crippen LogP contribution in [0.15, 0.2) is 65.1 Å². The maximum absolute atomic E-state index is 12.6. The van der Waals surface area contributed by atoms with Crippen molar-refractivity contribution in [3.8, 4) is 5.75 Å². The van der Waals surface area contributed by atoms with Gasteiger partial charge in [-0.05, 0) is 42.8 Å². The Morgan fingerprint density at radius 3 is 2.56 bits per heavy atom. The van der Waals surface area contributed by atoms with E-state index in [1.165, 1.54) is 0 Å². The Kier molecular flexibility index (Phi) is 7.02. The average molecular weight is 454 g/mol. The van der Waals surface area contributed by atoms with Gasteiger partial charge in [0.2, 0.25) is 0 Å². The number of piperazine rings is 1. The van der Waals surface area contributed by atoms with Gasteiger partial charge in [0, 0.05) is 31.2 Å². The third-order valence-corrected chi connectivity index (χ3v) is 6.00. The Morgan fingerprint density at radius 2 is 1.84 bits per heavy atom. The van der Waals surface area contributed by atoms with E-state index in [0.29, 0.717) is 17.3 Å². The minimum absolute atomic E-state index is 0.0891. The van der Waals surface area contributed by atoms with Crippen molar-refractivity contribution in [3.63, 3.8) is 0 Å². The first-order valence-corrected chi connectivity index (χ1v) is 11.2. The number of methoxy groups -OCH3 is 1. The van der Waals surface area contributed by atoms with Crippen LogP contribution in [0.4, 0.5) is 5.69 Å². The molecule has 1 aliphatic rings. The summed E-state index contributed by atoms with van der Waals surface area (Å²) in [5.74, 6) is 1.75. The van der Waals surface area contributed by atoms with Crippen LogP contribution in [0.5, 0.6) is 5.75 Å². The van der Waals surface area contributed by atoms with E-state index in [1.54, 1.807) is 13.2 Å². The molecule has 168 valence electrons. The van der Waals surface area contributed by atoms with Crippen LogP contribution in [0, 0.1) is 0 Å². The van der Waals surface area contributed by atoms with Gasteiger partial charge in [-0.15, -0.1) is 0 Å². The van der Waals surface area contributed by atoms with Crippen LogP contribution in [0.3, 0.4) is 0 Å². The molecule has 6 nitrogen and oxygen atoms in total. The van der Waals surface area contributed by atoms with Crippen molar-refractivity contribution < 1.29 is 13.9 Å². The topological polar surface area (TPSA) is 58.0 Å². The first-order valence-electron chi connectivity index (χ1n) is 10.8. The molecule has 3 aromatic rings. The molecule has 1 aromatic heterocycles. The van der Waals surface area contributed by atoms with Crippen LogP contribution in [0.2, 0.25) is 5.02 Å². The summed E-state index contributed by atoms with van der Waals surface area (Å²) >= 11 is 6.19. The molecule has 0 bridgehead atoms. The summed E-state index contributed by atoms with van der Waals surface area (Å²) in [5.41, 5.74) is 2.07. The average Bonchev–Trinajstić information content (AvgIpc) is 3.29. The van der Waals surface area contributed by atoms with Crippen LogP contribution in [0.1, 0.15) is 34.8 Å². The summed E-state index contributed by atoms with van der Waals surface area (Å²) in [7, 11) is 1.67. The summed E-state index contributed by atoms with van der Waals surface area (Å²) in [6, 6.07) is 19.1. The zero-order chi connectivity index (χ0) is 22.5. The highest BCUT2D eigenvalue weighted by Crippen LogP contribution is 2.32. The van der Waals surface area contributed by atoms with Gasteiger partial charge in [0.05, 0.1) is 25.4 Å². The number of anilines is 1. The fraction of sp³-hybridized carbons (Fsp3) is 0.320. The normalized spacial score (nSPS) is 15.4. The SMILES string of the molecule is COc1ccc(Cl)cc1N1CCN(Cc2ccc(C(=O)N[C@@H](C)c3ccccc3)o2)CC1. The highest BCUT2D eigenvalue weighted by molar-refractivity contribution is 6.30. The molecule has 2 aromatic carbocycles. The molecule has 1 N–H and O–H groups in total. The molecule has 32 heavy (non-hydrogen) atoms. The predicted molar refractivity (Wildman–Crippen MR) is 127 cm³/mol. The fourth-order valence-corrected chi connectivity index (χ4v) is 4.12. The minimum Gasteiger partial charge on any atom is -0.495 e. The van der Waals surface area contributed by atoms with Crippen LogP contribution >= 0.6 is 11.6 Å². The summed E-state index contributed by atoms with van der Waals surface area (Å²) in [5, 5.41) is 3.69. The van der Waals surface area contributed by atoms with E-state index < -0.39 is 0 Å². The number of carbonyl (C=O) groups is 1. The number of benzene rings is 2. The van der Waals surface area contributed by atoms with Crippen molar-refractivity contribution in [2.45, 2.75) is 19.5 Å². The molecule has 7 heteroatoms. The lowest BCUT2D eigenvalue weighted by molar-refractivity contribution is 0.0907. The summed E-state index contributed by atoms with van der Waals surface area (Å²) < 4.78 is 11.3. The lowest BCUT2D eigenvalue weighted by Gasteiger charge is -2.36. The van der Waals surface area contributed by atoms with E-state index in [1.807, 2.05) is 61.5 Å². The van der Waals surface area contributed by atoms with Crippen LogP contribution in [-0.4, -0.2) is 44.1 Å². The number of furan rings is 1. The van der Waals surface area contributed by atoms with Gasteiger partial charge in [0.1, 0.15) is 11.5 Å². The number of rotatable bonds is 7. The van der Waals surface area contributed by atoms with Crippen molar-refractivity contribution in [2.75, 3.05) is 38.2 Å². The van der Waals surface area contributed by atoms with Gasteiger partial charge in [-0.2, -0.15) is 0 Å². The van der Waals surface area contributed by atoms with E-state index in [4.69, 9.17) is 20.8 Å². The highest BCUT2D eigenvalue weighted by Gasteiger charge is 2.22. The van der Waals surface area contributed by atoms with E-state index in [0.717, 1.165) is 48.9 Å². The minimum atomic E-state index is -0.203. The van der Waals surface area contributed by atoms with Gasteiger partial charge < -0.3 is 19.4 Å². The standard InChI is InChI=1S/C25H28ClN3O3/c1-18(19-6-4-3-5-7-19)27-25(30)24-11-9-21(32-24)17-28-12-14-29(15-13-28)22-16-20(26)8-10-23(22)31-2/h3-11,16,18H,12-15,17H2,1-2H3,(H,27,30)/t18-/m0/s1. The number of carbonyl (C=O) groups excluding carboxylic acids is 1. The number of ether oxygens (including phenoxy) is 1. The molecular weight excluding hydrogens is 426 g/mol. The Balaban J connectivity index is 1.31. The maximum Gasteiger partial charge on any atom is 0.287 e. The smallest absolute Gasteiger partial charge is 0.287 e. The third-order valence-electron chi connectivity index (χ3n) is 5.77. The number of nitrogens with one attached hydrogen (secondary N) is 1. The lowest BCUT2D eigenvalue weighted by Crippen LogP contribution is -2.46. The second-order valence-corrected chi connectivity index (χ2v) is 8.39. The molecule has 1 amide bonds. The van der Waals surface area contributed by atoms with Gasteiger partial charge >= 0.3 is 0 Å². The molecule has 0 unspecified atom stereocenters. The third kappa shape index (κ3) is 5.26. The molecule has 0 aliphatic carbocycles. The zero-order valence-electron chi connectivity index (χ0n) is 18.4. The highest BCUT2D eigenvalue weighted by atomic mass is 35.5. The number of hydrogen-bond acceptors (Lipinski definition) is 5. The largest absolute Gasteiger partial charge is 0.495 e. The second kappa shape index (κ2) is 10.1. The van der Waals surface area contributed by atoms with Gasteiger partial charge in [-0.25, -0.2) is 0 Å². The molecule has 1 aliphatic heterocycles. The molecule has 0 spiro atoms. The Hall–Kier alpha value is -2.96. The molecule has 1 atom stereocenters. The lowest BCUT2D eigenvalue weighted by atomic mass is 10.1. The Morgan fingerprint density at radius 1 is 1.09 bits per heavy atom. The van der Waals surface area contributed by atoms with Gasteiger partial charge in [-0.1, -0.05) is 41.9 Å². The Bertz CT molecular complexity index is 1050. The van der Waals surface area contributed by atoms with Crippen LogP contribution in [-0.2, 0) is 6.54 Å². The predicted octanol–water partition coefficient (Wildman–Crippen LogP) is 4.75. The van der Waals surface area contributed by atoms with E-state index in [2.05, 4.69) is 15.1 Å². The van der Waals surface area contributed by atoms with Crippen LogP contribution in [0.25, 0.3) is 0 Å². The Labute approximate surface area is 193 Å². The summed E-state index contributed by atoms with van der Waals surface area (Å²) in [6.45, 7) is 6.11. The van der Waals surface area contributed by atoms with E-state index in [9.17, 15) is 4.79 Å². The monoisotopic (exact) mass is 453 g/mol. The van der Waals surface area contributed by atoms with Crippen LogP contribution < -0.4 is 15.0 Å². The second-order valence-electron chi connectivity index (χ2n) is 7.95. The number of hydrogen-bond donors (Lipinski definition) is 1. The maximum atomic E-state index is 12.6. The van der Waals surface area contributed by atoms with E-state index >= 15 is 0 Å². The van der Waals surface area contributed by atoms with Crippen molar-refractivity contribution in [1.29, 1.82) is 0 Å². The van der Waals surface area contributed by atoms with Gasteiger partial charge in [0.25, 0.3) is 5.91 Å². The van der Waals surface area contributed by atoms with Crippen molar-refractivity contribution in [1.82, 2.24) is 10.2 Å². The summed E-state index contributed by atoms with van der Waals surface area (Å²) in [4.78, 5) is 17.2. The number of nitrogens with zero attached hydrogens (tertiary/aromatic N) is 2. The first kappa shape index (κ1) is 22.2. The molecule has 0 radical (unpaired) electrons. The van der Waals surface area contributed by atoms with Crippen molar-refractivity contribution in [3.05, 3.63) is 82.8 Å². The molecule has 0 saturated carbocycles. The van der Waals surface area contributed by atoms with Gasteiger partial charge in [-0.3, -0.25) is 9.69 Å². The van der Waals surface area contributed by atoms with E-state index in [-0.39, 0.29) is 11.9 Å². The quantitative estimate of drug-likeness (QED) is 0.559.